The molecule has 0 atom stereocenters. The fourth-order valence-electron chi connectivity index (χ4n) is 2.27. The maximum Gasteiger partial charge on any atom is 1.00 e. The smallest absolute Gasteiger partial charge is 0.729 e. The van der Waals surface area contributed by atoms with Crippen LogP contribution in [0.2, 0.25) is 0 Å². The molecule has 1 aromatic heterocycles. The number of carboxylic acid groups (broad SMARTS) is 1. The molecule has 0 aromatic carbocycles. The molecular weight excluding hydrogens is 453 g/mol. The first-order valence-electron chi connectivity index (χ1n) is 6.79. The van der Waals surface area contributed by atoms with Crippen LogP contribution in [0.5, 0.6) is 0 Å². The molecule has 2 rings (SSSR count). The predicted octanol–water partition coefficient (Wildman–Crippen LogP) is -10.9. The third-order valence-electron chi connectivity index (χ3n) is 3.43. The summed E-state index contributed by atoms with van der Waals surface area (Å²) in [6.45, 7) is 0. The molecule has 13 nitrogen and oxygen atoms in total. The Bertz CT molecular complexity index is 821. The molecule has 0 bridgehead atoms. The second kappa shape index (κ2) is 14.3. The topological polar surface area (TPSA) is 201 Å². The van der Waals surface area contributed by atoms with E-state index >= 15 is 0 Å². The first-order chi connectivity index (χ1) is 11.7. The van der Waals surface area contributed by atoms with Crippen LogP contribution in [0.1, 0.15) is 36.2 Å². The first kappa shape index (κ1) is 31.4. The van der Waals surface area contributed by atoms with Crippen LogP contribution in [-0.4, -0.2) is 39.4 Å². The van der Waals surface area contributed by atoms with Gasteiger partial charge in [-0.15, -0.1) is 9.20 Å². The fraction of sp³-hybridized carbons (Fsp3) is 0.600. The Morgan fingerprint density at radius 3 is 2.25 bits per heavy atom. The van der Waals surface area contributed by atoms with Crippen molar-refractivity contribution in [2.24, 2.45) is 10.2 Å². The largest absolute Gasteiger partial charge is 1.00 e. The average Bonchev–Trinajstić information content (AvgIpc) is 2.89. The molecule has 0 radical (unpaired) electrons. The second-order valence-electron chi connectivity index (χ2n) is 5.03. The van der Waals surface area contributed by atoms with Gasteiger partial charge in [-0.05, 0) is 25.7 Å². The van der Waals surface area contributed by atoms with Gasteiger partial charge in [0.2, 0.25) is 10.3 Å². The Hall–Kier alpha value is 1.22. The van der Waals surface area contributed by atoms with E-state index in [4.69, 9.17) is 0 Å². The van der Waals surface area contributed by atoms with Crippen LogP contribution in [0.3, 0.4) is 0 Å². The Morgan fingerprint density at radius 1 is 1.21 bits per heavy atom. The summed E-state index contributed by atoms with van der Waals surface area (Å²) in [4.78, 5) is 22.8. The van der Waals surface area contributed by atoms with E-state index < -0.39 is 33.2 Å². The molecule has 0 saturated heterocycles. The van der Waals surface area contributed by atoms with Gasteiger partial charge < -0.3 is 19.7 Å². The number of aromatic amines is 1. The van der Waals surface area contributed by atoms with Crippen LogP contribution >= 0.6 is 12.0 Å². The number of hydrogen-bond donors (Lipinski definition) is 1. The molecule has 18 heteroatoms. The third kappa shape index (κ3) is 8.76. The summed E-state index contributed by atoms with van der Waals surface area (Å²) in [5.41, 5.74) is -3.25. The van der Waals surface area contributed by atoms with Gasteiger partial charge >= 0.3 is 94.2 Å². The van der Waals surface area contributed by atoms with Crippen molar-refractivity contribution < 1.29 is 126 Å². The zero-order chi connectivity index (χ0) is 18.6. The molecule has 0 unspecified atom stereocenters. The van der Waals surface area contributed by atoms with Crippen molar-refractivity contribution in [1.29, 1.82) is 0 Å². The number of aromatic carboxylic acids is 1. The van der Waals surface area contributed by atoms with Crippen LogP contribution < -0.4 is 105 Å². The SMILES string of the molecule is O=C([O-])c1[nH]n(S(=O)(=O)[O-])c(=O)c1N=NC1CCC(SOO[O-])CC1.[Na+].[Na+].[Na+]. The van der Waals surface area contributed by atoms with E-state index in [2.05, 4.69) is 19.6 Å². The summed E-state index contributed by atoms with van der Waals surface area (Å²) >= 11 is 0.876. The molecule has 28 heavy (non-hydrogen) atoms. The molecule has 0 amide bonds. The van der Waals surface area contributed by atoms with Gasteiger partial charge in [0, 0.05) is 17.3 Å². The molecular formula is C10H11N4Na3O9S2. The van der Waals surface area contributed by atoms with E-state index in [9.17, 15) is 32.9 Å². The van der Waals surface area contributed by atoms with Gasteiger partial charge in [0.15, 0.2) is 5.69 Å². The Morgan fingerprint density at radius 2 is 1.79 bits per heavy atom. The maximum absolute atomic E-state index is 11.8. The molecule has 0 spiro atoms. The van der Waals surface area contributed by atoms with Gasteiger partial charge in [-0.3, -0.25) is 14.9 Å². The average molecular weight is 464 g/mol. The summed E-state index contributed by atoms with van der Waals surface area (Å²) in [6.07, 6.45) is 2.19. The molecule has 1 aliphatic rings. The zero-order valence-corrected chi connectivity index (χ0v) is 22.9. The van der Waals surface area contributed by atoms with Crippen LogP contribution in [0.4, 0.5) is 5.69 Å². The number of azo groups is 1. The summed E-state index contributed by atoms with van der Waals surface area (Å²) in [5, 5.41) is 32.9. The van der Waals surface area contributed by atoms with E-state index in [0.29, 0.717) is 25.7 Å². The van der Waals surface area contributed by atoms with Gasteiger partial charge in [0.25, 0.3) is 0 Å². The maximum atomic E-state index is 11.8. The van der Waals surface area contributed by atoms with Crippen molar-refractivity contribution in [3.8, 4) is 0 Å². The minimum atomic E-state index is -5.28. The molecule has 1 N–H and O–H groups in total. The Kier molecular flexibility index (Phi) is 16.1. The van der Waals surface area contributed by atoms with E-state index in [1.807, 2.05) is 0 Å². The van der Waals surface area contributed by atoms with Crippen molar-refractivity contribution in [3.05, 3.63) is 16.0 Å². The van der Waals surface area contributed by atoms with Crippen molar-refractivity contribution in [2.75, 3.05) is 0 Å². The number of carbonyl (C=O) groups excluding carboxylic acids is 1. The van der Waals surface area contributed by atoms with Crippen molar-refractivity contribution >= 4 is 34.0 Å². The third-order valence-corrected chi connectivity index (χ3v) is 5.01. The van der Waals surface area contributed by atoms with Crippen LogP contribution in [-0.2, 0) is 19.7 Å². The van der Waals surface area contributed by atoms with E-state index in [0.717, 1.165) is 12.0 Å². The monoisotopic (exact) mass is 464 g/mol. The number of rotatable bonds is 7. The number of H-pyrrole nitrogens is 1. The number of nitrogens with one attached hydrogen (secondary N) is 1. The van der Waals surface area contributed by atoms with Crippen molar-refractivity contribution in [3.63, 3.8) is 0 Å². The summed E-state index contributed by atoms with van der Waals surface area (Å²) in [5.74, 6) is -1.91. The van der Waals surface area contributed by atoms with E-state index in [1.165, 1.54) is 0 Å². The molecule has 0 aliphatic heterocycles. The van der Waals surface area contributed by atoms with Gasteiger partial charge in [-0.1, -0.05) is 0 Å². The standard InChI is InChI=1S/C10H14N4O9S2.3Na/c15-9-7(8(10(16)17)13-14(9)25(19,20)21)12-11-5-1-3-6(4-2-5)24-23-22-18;;;/h5-6,13,18H,1-4H2,(H,16,17)(H,19,20,21);;;/q;3*+1/p-3. The summed E-state index contributed by atoms with van der Waals surface area (Å²) in [7, 11) is -5.28. The minimum absolute atomic E-state index is 0. The number of aromatic nitrogens is 2. The van der Waals surface area contributed by atoms with E-state index in [1.54, 1.807) is 5.10 Å². The molecule has 1 aromatic rings. The summed E-state index contributed by atoms with van der Waals surface area (Å²) in [6, 6.07) is -0.355. The van der Waals surface area contributed by atoms with Crippen molar-refractivity contribution in [1.82, 2.24) is 9.19 Å². The first-order valence-corrected chi connectivity index (χ1v) is 8.96. The molecule has 1 fully saturated rings. The van der Waals surface area contributed by atoms with Gasteiger partial charge in [0.1, 0.15) is 5.69 Å². The second-order valence-corrected chi connectivity index (χ2v) is 7.24. The molecule has 140 valence electrons. The number of carboxylic acids is 1. The molecule has 1 saturated carbocycles. The van der Waals surface area contributed by atoms with Gasteiger partial charge in [-0.2, -0.15) is 9.45 Å². The number of hydrogen-bond acceptors (Lipinski definition) is 12. The Labute approximate surface area is 229 Å². The van der Waals surface area contributed by atoms with Crippen LogP contribution in [0.25, 0.3) is 0 Å². The quantitative estimate of drug-likeness (QED) is 0.101. The van der Waals surface area contributed by atoms with Crippen LogP contribution in [0, 0.1) is 0 Å². The number of carbonyl (C=O) groups is 1. The van der Waals surface area contributed by atoms with Gasteiger partial charge in [-0.25, -0.2) is 8.42 Å². The normalized spacial score (nSPS) is 19.4. The molecule has 1 heterocycles. The predicted molar refractivity (Wildman–Crippen MR) is 74.8 cm³/mol. The van der Waals surface area contributed by atoms with Crippen LogP contribution in [0.15, 0.2) is 15.0 Å². The number of nitrogens with zero attached hydrogens (tertiary/aromatic N) is 3. The van der Waals surface area contributed by atoms with Gasteiger partial charge in [0.05, 0.1) is 12.0 Å². The Balaban J connectivity index is 0. The molecule has 1 aliphatic carbocycles. The fourth-order valence-corrected chi connectivity index (χ4v) is 3.37. The zero-order valence-electron chi connectivity index (χ0n) is 15.3. The van der Waals surface area contributed by atoms with E-state index in [-0.39, 0.29) is 104 Å². The minimum Gasteiger partial charge on any atom is -0.729 e. The summed E-state index contributed by atoms with van der Waals surface area (Å²) < 4.78 is 36.6. The van der Waals surface area contributed by atoms with Crippen molar-refractivity contribution in [2.45, 2.75) is 37.0 Å².